The maximum absolute atomic E-state index is 10.5. The van der Waals surface area contributed by atoms with Gasteiger partial charge in [-0.1, -0.05) is 27.2 Å². The first-order chi connectivity index (χ1) is 15.3. The van der Waals surface area contributed by atoms with E-state index in [2.05, 4.69) is 75.1 Å². The van der Waals surface area contributed by atoms with Gasteiger partial charge >= 0.3 is 50.5 Å². The van der Waals surface area contributed by atoms with E-state index >= 15 is 0 Å². The summed E-state index contributed by atoms with van der Waals surface area (Å²) in [5, 5.41) is 3.32. The van der Waals surface area contributed by atoms with Gasteiger partial charge in [0, 0.05) is 18.4 Å². The zero-order valence-corrected chi connectivity index (χ0v) is 27.7. The van der Waals surface area contributed by atoms with E-state index in [9.17, 15) is 4.79 Å². The van der Waals surface area contributed by atoms with Crippen LogP contribution in [0.1, 0.15) is 111 Å². The summed E-state index contributed by atoms with van der Waals surface area (Å²) in [6, 6.07) is 0. The molecule has 0 atom stereocenters. The smallest absolute Gasteiger partial charge is 0.132 e. The molecule has 0 aromatic rings. The molecule has 2 aliphatic carbocycles. The Kier molecular flexibility index (Phi) is 18.9. The first-order valence-corrected chi connectivity index (χ1v) is 25.7. The summed E-state index contributed by atoms with van der Waals surface area (Å²) in [6.07, 6.45) is 16.6. The summed E-state index contributed by atoms with van der Waals surface area (Å²) in [6.45, 7) is 14.8. The van der Waals surface area contributed by atoms with Crippen LogP contribution in [0.5, 0.6) is 0 Å². The average Bonchev–Trinajstić information content (AvgIpc) is 2.79. The maximum Gasteiger partial charge on any atom is 0.132 e. The Morgan fingerprint density at radius 2 is 1.25 bits per heavy atom. The number of halogens is 3. The first kappa shape index (κ1) is 31.8. The summed E-state index contributed by atoms with van der Waals surface area (Å²) in [4.78, 5) is 13.3. The minimum absolute atomic E-state index is 0.464. The third-order valence-corrected chi connectivity index (χ3v) is 7.94. The summed E-state index contributed by atoms with van der Waals surface area (Å²) >= 11 is 5.30. The number of carbonyl (C=O) groups is 1. The van der Waals surface area contributed by atoms with Crippen molar-refractivity contribution in [3.63, 3.8) is 0 Å². The Balaban J connectivity index is 0.000000251. The molecule has 4 fully saturated rings. The molecule has 4 aliphatic rings. The van der Waals surface area contributed by atoms with Gasteiger partial charge < -0.3 is 5.32 Å². The molecule has 0 amide bonds. The van der Waals surface area contributed by atoms with Gasteiger partial charge in [0.05, 0.1) is 0 Å². The first-order valence-electron chi connectivity index (χ1n) is 13.1. The predicted molar refractivity (Wildman–Crippen MR) is 153 cm³/mol. The van der Waals surface area contributed by atoms with Crippen molar-refractivity contribution in [3.8, 4) is 0 Å². The average molecular weight is 787 g/mol. The number of likely N-dealkylation sites (tertiary alicyclic amines) is 1. The van der Waals surface area contributed by atoms with Crippen LogP contribution in [0.15, 0.2) is 0 Å². The van der Waals surface area contributed by atoms with Crippen LogP contribution in [0.4, 0.5) is 0 Å². The van der Waals surface area contributed by atoms with Crippen molar-refractivity contribution in [2.75, 3.05) is 26.2 Å². The number of nitrogens with zero attached hydrogens (tertiary/aromatic N) is 1. The molecule has 1 N–H and O–H groups in total. The molecule has 4 rings (SSSR count). The molecule has 32 heavy (non-hydrogen) atoms. The number of hydrogen-bond acceptors (Lipinski definition) is 3. The van der Waals surface area contributed by atoms with Gasteiger partial charge in [0.2, 0.25) is 0 Å². The Bertz CT molecular complexity index is 462. The monoisotopic (exact) mass is 787 g/mol. The normalized spacial score (nSPS) is 30.2. The van der Waals surface area contributed by atoms with E-state index in [-0.39, 0.29) is 0 Å². The number of rotatable bonds is 1. The molecular formula is C26H50I3N2O-. The van der Waals surface area contributed by atoms with Gasteiger partial charge in [-0.2, -0.15) is 0 Å². The van der Waals surface area contributed by atoms with Crippen LogP contribution in [-0.2, 0) is 4.79 Å². The molecular weight excluding hydrogens is 737 g/mol. The number of hydrogen-bond donors (Lipinski definition) is 1. The third kappa shape index (κ3) is 14.4. The minimum atomic E-state index is 0.464. The molecule has 3 nitrogen and oxygen atoms in total. The Labute approximate surface area is 229 Å². The number of ketones is 1. The molecule has 0 aromatic heterocycles. The summed E-state index contributed by atoms with van der Waals surface area (Å²) < 4.78 is 0. The van der Waals surface area contributed by atoms with E-state index in [1.165, 1.54) is 84.0 Å². The second-order valence-electron chi connectivity index (χ2n) is 10.9. The second kappa shape index (κ2) is 19.0. The molecule has 2 saturated heterocycles. The number of carbonyl (C=O) groups excluding carboxylic acids is 1. The van der Waals surface area contributed by atoms with Crippen LogP contribution in [-0.4, -0.2) is 42.4 Å². The van der Waals surface area contributed by atoms with Crippen molar-refractivity contribution in [1.82, 2.24) is 10.2 Å². The van der Waals surface area contributed by atoms with Crippen molar-refractivity contribution in [2.24, 2.45) is 17.8 Å². The van der Waals surface area contributed by atoms with Gasteiger partial charge in [-0.3, -0.25) is 9.69 Å². The van der Waals surface area contributed by atoms with E-state index in [0.29, 0.717) is 24.6 Å². The molecule has 0 unspecified atom stereocenters. The topological polar surface area (TPSA) is 32.3 Å². The predicted octanol–water partition coefficient (Wildman–Crippen LogP) is 4.99. The zero-order chi connectivity index (χ0) is 23.8. The molecule has 2 heterocycles. The molecule has 0 spiro atoms. The van der Waals surface area contributed by atoms with Crippen molar-refractivity contribution in [2.45, 2.75) is 117 Å². The van der Waals surface area contributed by atoms with Gasteiger partial charge in [0.15, 0.2) is 0 Å². The molecule has 2 saturated carbocycles. The van der Waals surface area contributed by atoms with Gasteiger partial charge in [-0.25, -0.2) is 0 Å². The van der Waals surface area contributed by atoms with Crippen LogP contribution >= 0.6 is 37.2 Å². The maximum atomic E-state index is 10.5. The Hall–Kier alpha value is 1.78. The quantitative estimate of drug-likeness (QED) is 0.381. The van der Waals surface area contributed by atoms with Gasteiger partial charge in [0.1, 0.15) is 5.78 Å². The van der Waals surface area contributed by atoms with Crippen LogP contribution in [0.25, 0.3) is 0 Å². The Morgan fingerprint density at radius 1 is 0.812 bits per heavy atom. The Morgan fingerprint density at radius 3 is 1.62 bits per heavy atom. The van der Waals surface area contributed by atoms with Crippen LogP contribution in [0.3, 0.4) is 0 Å². The zero-order valence-electron chi connectivity index (χ0n) is 21.2. The van der Waals surface area contributed by atoms with Gasteiger partial charge in [0.25, 0.3) is 0 Å². The summed E-state index contributed by atoms with van der Waals surface area (Å²) in [5.41, 5.74) is 0.548. The van der Waals surface area contributed by atoms with Crippen LogP contribution in [0.2, 0.25) is 0 Å². The fourth-order valence-electron chi connectivity index (χ4n) is 5.16. The van der Waals surface area contributed by atoms with E-state index in [1.807, 2.05) is 0 Å². The SMILES string of the molecule is CC1CCN(C2(C)CCC(C)CC2)CC1.CC1CCNCC1.I[I-]I.O=C1CCCCC1. The van der Waals surface area contributed by atoms with E-state index in [4.69, 9.17) is 0 Å². The second-order valence-corrected chi connectivity index (χ2v) is 27.2. The van der Waals surface area contributed by atoms with Crippen molar-refractivity contribution in [1.29, 1.82) is 0 Å². The molecule has 0 aromatic carbocycles. The van der Waals surface area contributed by atoms with Gasteiger partial charge in [-0.05, 0) is 115 Å². The molecule has 2 aliphatic heterocycles. The molecule has 6 heteroatoms. The minimum Gasteiger partial charge on any atom is -0.300 e. The van der Waals surface area contributed by atoms with Crippen molar-refractivity contribution < 1.29 is 18.0 Å². The molecule has 0 bridgehead atoms. The van der Waals surface area contributed by atoms with Crippen LogP contribution in [0, 0.1) is 17.8 Å². The standard InChI is InChI=1S/C14H27N.C6H13N.C6H10O.I3/c1-12-4-8-14(3,9-5-12)15-10-6-13(2)7-11-15;1-6-2-4-7-5-3-6;7-6-4-2-1-3-5-6;1-3-2/h12-13H,4-11H2,1-3H3;6-7H,2-5H2,1H3;1-5H2;/q;;;-1. The number of Topliss-reactive ketones (excluding diaryl/α,β-unsaturated/α-hetero) is 1. The number of nitrogens with one attached hydrogen (secondary N) is 1. The largest absolute Gasteiger partial charge is 0.300 e. The van der Waals surface area contributed by atoms with Gasteiger partial charge in [-0.15, -0.1) is 0 Å². The van der Waals surface area contributed by atoms with Crippen molar-refractivity contribution in [3.05, 3.63) is 0 Å². The fourth-order valence-corrected chi connectivity index (χ4v) is 5.16. The van der Waals surface area contributed by atoms with Crippen molar-refractivity contribution >= 4 is 43.0 Å². The van der Waals surface area contributed by atoms with E-state index in [1.54, 1.807) is 0 Å². The van der Waals surface area contributed by atoms with Crippen LogP contribution < -0.4 is 18.6 Å². The van der Waals surface area contributed by atoms with E-state index in [0.717, 1.165) is 43.4 Å². The third-order valence-electron chi connectivity index (χ3n) is 7.94. The molecule has 0 radical (unpaired) electrons. The number of piperidine rings is 2. The summed E-state index contributed by atoms with van der Waals surface area (Å²) in [5.74, 6) is 3.38. The molecule has 192 valence electrons. The fraction of sp³-hybridized carbons (Fsp3) is 0.962. The van der Waals surface area contributed by atoms with E-state index < -0.39 is 0 Å². The summed E-state index contributed by atoms with van der Waals surface area (Å²) in [7, 11) is 0.